The van der Waals surface area contributed by atoms with Crippen LogP contribution in [0, 0.1) is 0 Å². The number of aromatic nitrogens is 8. The van der Waals surface area contributed by atoms with Gasteiger partial charge in [0, 0.05) is 32.8 Å². The average Bonchev–Trinajstić information content (AvgIpc) is 3.72. The summed E-state index contributed by atoms with van der Waals surface area (Å²) < 4.78 is 10.1. The third kappa shape index (κ3) is 2.98. The normalized spacial score (nSPS) is 12.1. The molecule has 0 fully saturated rings. The average molecular weight is 579 g/mol. The Balaban J connectivity index is 0.00000250. The second-order valence-electron chi connectivity index (χ2n) is 10.1. The number of fused-ring (bicyclic) bond motifs is 16. The molecule has 10 rings (SSSR count). The molecule has 0 saturated heterocycles. The fourth-order valence-corrected chi connectivity index (χ4v) is 5.97. The van der Waals surface area contributed by atoms with E-state index in [-0.39, 0.29) is 18.6 Å². The number of benzene rings is 4. The molecule has 6 heterocycles. The molecule has 0 atom stereocenters. The molecular weight excluding hydrogens is 563 g/mol. The quantitative estimate of drug-likeness (QED) is 0.236. The largest absolute Gasteiger partial charge is 2.00 e. The smallest absolute Gasteiger partial charge is 0.321 e. The monoisotopic (exact) mass is 579 g/mol. The number of rotatable bonds is 0. The van der Waals surface area contributed by atoms with Gasteiger partial charge in [0.25, 0.3) is 0 Å². The van der Waals surface area contributed by atoms with Gasteiger partial charge in [-0.3, -0.25) is 0 Å². The summed E-state index contributed by atoms with van der Waals surface area (Å²) >= 11 is 0. The Morgan fingerprint density at radius 1 is 0.381 bits per heavy atom. The van der Waals surface area contributed by atoms with Crippen LogP contribution in [0.25, 0.3) is 88.3 Å². The first-order valence-electron chi connectivity index (χ1n) is 13.3. The van der Waals surface area contributed by atoms with Gasteiger partial charge >= 0.3 is 29.9 Å². The van der Waals surface area contributed by atoms with E-state index in [1.54, 1.807) is 9.15 Å². The molecule has 0 amide bonds. The number of hydrogen-bond donors (Lipinski definition) is 0. The van der Waals surface area contributed by atoms with Crippen molar-refractivity contribution >= 4 is 88.3 Å². The molecule has 0 aliphatic heterocycles. The minimum atomic E-state index is 0. The Labute approximate surface area is 246 Å². The van der Waals surface area contributed by atoms with Crippen LogP contribution in [-0.2, 0) is 18.6 Å². The van der Waals surface area contributed by atoms with Gasteiger partial charge in [-0.2, -0.15) is 0 Å². The summed E-state index contributed by atoms with van der Waals surface area (Å²) in [4.78, 5) is 30.3. The Kier molecular flexibility index (Phi) is 4.63. The zero-order valence-corrected chi connectivity index (χ0v) is 23.1. The van der Waals surface area contributed by atoms with Gasteiger partial charge in [-0.25, -0.2) is 0 Å². The Bertz CT molecular complexity index is 2410. The van der Waals surface area contributed by atoms with E-state index in [9.17, 15) is 0 Å². The van der Waals surface area contributed by atoms with Crippen molar-refractivity contribution in [1.82, 2.24) is 29.9 Å². The minimum Gasteiger partial charge on any atom is -0.321 e. The van der Waals surface area contributed by atoms with Crippen LogP contribution in [-0.4, -0.2) is 19.9 Å². The molecule has 0 unspecified atom stereocenters. The fraction of sp³-hybridized carbons (Fsp3) is 0. The van der Waals surface area contributed by atoms with Crippen molar-refractivity contribution < 1.29 is 32.3 Å². The third-order valence-corrected chi connectivity index (χ3v) is 7.84. The molecule has 4 aromatic carbocycles. The van der Waals surface area contributed by atoms with Gasteiger partial charge in [0.2, 0.25) is 22.6 Å². The molecule has 10 heteroatoms. The number of hydrogen-bond acceptors (Lipinski definition) is 5. The summed E-state index contributed by atoms with van der Waals surface area (Å²) in [5.41, 5.74) is 4.56. The van der Waals surface area contributed by atoms with E-state index < -0.39 is 0 Å². The molecule has 0 saturated carbocycles. The summed E-state index contributed by atoms with van der Waals surface area (Å²) in [6.45, 7) is 0. The molecule has 6 aromatic heterocycles. The van der Waals surface area contributed by atoms with Crippen molar-refractivity contribution in [2.45, 2.75) is 0 Å². The molecular formula is C32H16N8OV+2. The van der Waals surface area contributed by atoms with Crippen LogP contribution in [0.15, 0.2) is 102 Å². The zero-order valence-electron chi connectivity index (χ0n) is 21.7. The summed E-state index contributed by atoms with van der Waals surface area (Å²) in [5.74, 6) is 0. The third-order valence-electron chi connectivity index (χ3n) is 7.84. The molecule has 42 heavy (non-hydrogen) atoms. The Morgan fingerprint density at radius 2 is 0.619 bits per heavy atom. The van der Waals surface area contributed by atoms with E-state index in [0.717, 1.165) is 43.1 Å². The maximum absolute atomic E-state index is 6.80. The van der Waals surface area contributed by atoms with Gasteiger partial charge in [0.05, 0.1) is 15.3 Å². The van der Waals surface area contributed by atoms with E-state index in [4.69, 9.17) is 34.5 Å². The summed E-state index contributed by atoms with van der Waals surface area (Å²) in [6.07, 6.45) is 0. The molecule has 0 aliphatic rings. The first-order valence-corrected chi connectivity index (χ1v) is 13.3. The summed E-state index contributed by atoms with van der Waals surface area (Å²) in [6, 6.07) is 32.1. The van der Waals surface area contributed by atoms with Gasteiger partial charge in [-0.05, 0) is 61.7 Å². The van der Waals surface area contributed by atoms with Crippen LogP contribution in [0.4, 0.5) is 0 Å². The van der Waals surface area contributed by atoms with Crippen LogP contribution in [0.1, 0.15) is 0 Å². The maximum Gasteiger partial charge on any atom is 2.00 e. The van der Waals surface area contributed by atoms with Crippen LogP contribution in [0.5, 0.6) is 0 Å². The van der Waals surface area contributed by atoms with Crippen molar-refractivity contribution in [1.29, 1.82) is 0 Å². The van der Waals surface area contributed by atoms with Crippen LogP contribution >= 0.6 is 0 Å². The van der Waals surface area contributed by atoms with Crippen LogP contribution in [0.2, 0.25) is 0 Å². The number of nitrogens with zero attached hydrogens (tertiary/aromatic N) is 8. The van der Waals surface area contributed by atoms with Gasteiger partial charge in [-0.15, -0.1) is 4.63 Å². The Hall–Kier alpha value is -5.38. The van der Waals surface area contributed by atoms with Gasteiger partial charge in [0.15, 0.2) is 0 Å². The van der Waals surface area contributed by atoms with Crippen LogP contribution in [0.3, 0.4) is 0 Å². The zero-order chi connectivity index (χ0) is 26.7. The topological polar surface area (TPSA) is 101 Å². The molecule has 0 N–H and O–H groups in total. The second-order valence-corrected chi connectivity index (χ2v) is 10.1. The van der Waals surface area contributed by atoms with E-state index in [1.807, 2.05) is 97.1 Å². The molecule has 193 valence electrons. The standard InChI is InChI=1S/C32H16N8O.V/c1-2-10-18-17(9-1)25-33-26(18)36-30-23-15-7-8-16-24(23)32-38-28-20-12-4-3-11-19(20)27(34-28)37-31-22-14-6-5-13-21(22)29(35-25)39(31)41-40(30)32;/h1-16H;/q;+2. The van der Waals surface area contributed by atoms with Gasteiger partial charge < -0.3 is 19.9 Å². The Morgan fingerprint density at radius 3 is 0.881 bits per heavy atom. The first-order chi connectivity index (χ1) is 20.3. The second kappa shape index (κ2) is 8.33. The molecule has 0 aliphatic carbocycles. The summed E-state index contributed by atoms with van der Waals surface area (Å²) in [7, 11) is 0. The molecule has 9 nitrogen and oxygen atoms in total. The van der Waals surface area contributed by atoms with E-state index in [0.29, 0.717) is 45.2 Å². The molecule has 1 radical (unpaired) electrons. The molecule has 0 spiro atoms. The molecule has 10 aromatic rings. The van der Waals surface area contributed by atoms with Crippen molar-refractivity contribution in [2.75, 3.05) is 0 Å². The predicted molar refractivity (Wildman–Crippen MR) is 154 cm³/mol. The van der Waals surface area contributed by atoms with Crippen molar-refractivity contribution in [2.24, 2.45) is 0 Å². The van der Waals surface area contributed by atoms with Crippen molar-refractivity contribution in [3.63, 3.8) is 0 Å². The summed E-state index contributed by atoms with van der Waals surface area (Å²) in [5, 5.41) is 7.16. The minimum absolute atomic E-state index is 0. The first kappa shape index (κ1) is 23.3. The van der Waals surface area contributed by atoms with Crippen molar-refractivity contribution in [3.05, 3.63) is 97.1 Å². The van der Waals surface area contributed by atoms with Crippen LogP contribution < -0.4 is 19.1 Å². The van der Waals surface area contributed by atoms with E-state index in [1.165, 1.54) is 0 Å². The maximum atomic E-state index is 6.80. The van der Waals surface area contributed by atoms with Gasteiger partial charge in [0.1, 0.15) is 0 Å². The fourth-order valence-electron chi connectivity index (χ4n) is 5.97. The van der Waals surface area contributed by atoms with Crippen molar-refractivity contribution in [3.8, 4) is 0 Å². The SMILES string of the molecule is [V+2].c1ccc2c3nc4c5ccccc5c5nc6[n-]c(nc7c8ccccc8c(nc([n-]3)c2c1)[n+]7o[n+]45)c1ccccc61. The van der Waals surface area contributed by atoms with E-state index >= 15 is 0 Å². The molecule has 6 bridgehead atoms. The predicted octanol–water partition coefficient (Wildman–Crippen LogP) is 4.88. The van der Waals surface area contributed by atoms with Gasteiger partial charge in [-0.1, -0.05) is 60.7 Å². The van der Waals surface area contributed by atoms with E-state index in [2.05, 4.69) is 0 Å².